The molecule has 1 aliphatic carbocycles. The van der Waals surface area contributed by atoms with Gasteiger partial charge in [0.15, 0.2) is 0 Å². The van der Waals surface area contributed by atoms with E-state index in [2.05, 4.69) is 35.9 Å². The number of aryl methyl sites for hydroxylation is 1. The number of carbonyl (C=O) groups is 1. The van der Waals surface area contributed by atoms with Gasteiger partial charge in [0, 0.05) is 31.1 Å². The maximum absolute atomic E-state index is 12.4. The predicted molar refractivity (Wildman–Crippen MR) is 96.3 cm³/mol. The lowest BCUT2D eigenvalue weighted by Gasteiger charge is -2.19. The first kappa shape index (κ1) is 15.2. The van der Waals surface area contributed by atoms with Crippen molar-refractivity contribution in [3.63, 3.8) is 0 Å². The van der Waals surface area contributed by atoms with Crippen LogP contribution >= 0.6 is 0 Å². The zero-order chi connectivity index (χ0) is 16.7. The van der Waals surface area contributed by atoms with Gasteiger partial charge in [0.05, 0.1) is 0 Å². The summed E-state index contributed by atoms with van der Waals surface area (Å²) in [5, 5.41) is 3.21. The van der Waals surface area contributed by atoms with Crippen LogP contribution in [-0.2, 0) is 11.2 Å². The van der Waals surface area contributed by atoms with E-state index in [9.17, 15) is 4.79 Å². The van der Waals surface area contributed by atoms with Crippen LogP contribution in [-0.4, -0.2) is 28.9 Å². The minimum Gasteiger partial charge on any atom is -0.344 e. The van der Waals surface area contributed by atoms with E-state index in [-0.39, 0.29) is 5.91 Å². The number of nitrogens with one attached hydrogen (secondary N) is 1. The Morgan fingerprint density at radius 3 is 3.12 bits per heavy atom. The fourth-order valence-corrected chi connectivity index (χ4v) is 4.04. The van der Waals surface area contributed by atoms with Crippen LogP contribution in [0, 0.1) is 11.8 Å². The number of rotatable bonds is 2. The Morgan fingerprint density at radius 2 is 2.29 bits per heavy atom. The van der Waals surface area contributed by atoms with Gasteiger partial charge in [-0.05, 0) is 61.3 Å². The normalized spacial score (nSPS) is 25.5. The molecule has 1 N–H and O–H groups in total. The summed E-state index contributed by atoms with van der Waals surface area (Å²) in [5.74, 6) is 2.20. The molecule has 4 heteroatoms. The molecule has 24 heavy (non-hydrogen) atoms. The van der Waals surface area contributed by atoms with Crippen LogP contribution in [0.25, 0.3) is 6.08 Å². The van der Waals surface area contributed by atoms with Gasteiger partial charge in [-0.15, -0.1) is 0 Å². The van der Waals surface area contributed by atoms with E-state index < -0.39 is 0 Å². The second-order valence-electron chi connectivity index (χ2n) is 7.22. The monoisotopic (exact) mass is 321 g/mol. The van der Waals surface area contributed by atoms with E-state index >= 15 is 0 Å². The largest absolute Gasteiger partial charge is 0.344 e. The Labute approximate surface area is 143 Å². The van der Waals surface area contributed by atoms with Crippen LogP contribution in [0.5, 0.6) is 0 Å². The van der Waals surface area contributed by atoms with Crippen molar-refractivity contribution in [1.29, 1.82) is 0 Å². The summed E-state index contributed by atoms with van der Waals surface area (Å²) in [4.78, 5) is 18.9. The molecule has 1 saturated heterocycles. The number of amides is 1. The topological polar surface area (TPSA) is 45.2 Å². The Kier molecular flexibility index (Phi) is 3.75. The molecule has 2 unspecified atom stereocenters. The van der Waals surface area contributed by atoms with Crippen molar-refractivity contribution in [3.05, 3.63) is 53.4 Å². The maximum Gasteiger partial charge on any atom is 0.246 e. The zero-order valence-corrected chi connectivity index (χ0v) is 14.1. The van der Waals surface area contributed by atoms with Gasteiger partial charge in [0.2, 0.25) is 5.91 Å². The molecule has 0 aromatic carbocycles. The number of hydrogen-bond acceptors (Lipinski definition) is 3. The van der Waals surface area contributed by atoms with Gasteiger partial charge >= 0.3 is 0 Å². The van der Waals surface area contributed by atoms with Gasteiger partial charge in [-0.1, -0.05) is 18.2 Å². The number of aromatic nitrogens is 1. The summed E-state index contributed by atoms with van der Waals surface area (Å²) in [6, 6.07) is 2.11. The average molecular weight is 321 g/mol. The third-order valence-electron chi connectivity index (χ3n) is 5.28. The molecule has 3 aliphatic rings. The number of anilines is 1. The number of nitrogens with zero attached hydrogens (tertiary/aromatic N) is 2. The van der Waals surface area contributed by atoms with E-state index in [1.807, 2.05) is 11.0 Å². The van der Waals surface area contributed by atoms with Crippen LogP contribution < -0.4 is 5.32 Å². The van der Waals surface area contributed by atoms with Gasteiger partial charge < -0.3 is 10.2 Å². The van der Waals surface area contributed by atoms with Gasteiger partial charge in [0.1, 0.15) is 5.82 Å². The van der Waals surface area contributed by atoms with Gasteiger partial charge in [-0.2, -0.15) is 0 Å². The quantitative estimate of drug-likeness (QED) is 0.671. The van der Waals surface area contributed by atoms with Crippen molar-refractivity contribution in [2.45, 2.75) is 26.2 Å². The van der Waals surface area contributed by atoms with Crippen molar-refractivity contribution >= 4 is 17.8 Å². The summed E-state index contributed by atoms with van der Waals surface area (Å²) in [6.45, 7) is 7.89. The summed E-state index contributed by atoms with van der Waals surface area (Å²) in [6.07, 6.45) is 10.7. The number of likely N-dealkylation sites (tertiary alicyclic amines) is 1. The smallest absolute Gasteiger partial charge is 0.246 e. The summed E-state index contributed by atoms with van der Waals surface area (Å²) >= 11 is 0. The first-order chi connectivity index (χ1) is 11.6. The van der Waals surface area contributed by atoms with E-state index in [0.29, 0.717) is 11.8 Å². The molecule has 2 aliphatic heterocycles. The second kappa shape index (κ2) is 5.93. The van der Waals surface area contributed by atoms with Crippen LogP contribution in [0.2, 0.25) is 0 Å². The Hall–Kier alpha value is -2.36. The summed E-state index contributed by atoms with van der Waals surface area (Å²) < 4.78 is 0. The Morgan fingerprint density at radius 1 is 1.42 bits per heavy atom. The average Bonchev–Trinajstić information content (AvgIpc) is 3.10. The highest BCUT2D eigenvalue weighted by Crippen LogP contribution is 2.36. The minimum absolute atomic E-state index is 0.111. The number of carbonyl (C=O) groups excluding carboxylic acids is 1. The third kappa shape index (κ3) is 2.88. The molecule has 1 aromatic heterocycles. The molecule has 124 valence electrons. The van der Waals surface area contributed by atoms with E-state index in [4.69, 9.17) is 0 Å². The van der Waals surface area contributed by atoms with Crippen LogP contribution in [0.3, 0.4) is 0 Å². The van der Waals surface area contributed by atoms with Crippen molar-refractivity contribution in [2.24, 2.45) is 11.8 Å². The fourth-order valence-electron chi connectivity index (χ4n) is 4.04. The molecule has 1 amide bonds. The molecular weight excluding hydrogens is 298 g/mol. The zero-order valence-electron chi connectivity index (χ0n) is 14.1. The fraction of sp³-hybridized carbons (Fsp3) is 0.400. The van der Waals surface area contributed by atoms with E-state index in [1.54, 1.807) is 12.3 Å². The van der Waals surface area contributed by atoms with Crippen molar-refractivity contribution in [1.82, 2.24) is 9.88 Å². The number of pyridine rings is 1. The first-order valence-electron chi connectivity index (χ1n) is 8.66. The molecule has 1 fully saturated rings. The van der Waals surface area contributed by atoms with Crippen molar-refractivity contribution < 1.29 is 4.79 Å². The Balaban J connectivity index is 1.42. The lowest BCUT2D eigenvalue weighted by Crippen LogP contribution is -2.27. The number of hydrogen-bond donors (Lipinski definition) is 1. The molecule has 4 nitrogen and oxygen atoms in total. The van der Waals surface area contributed by atoms with Crippen LogP contribution in [0.4, 0.5) is 5.82 Å². The lowest BCUT2D eigenvalue weighted by molar-refractivity contribution is -0.125. The molecule has 0 radical (unpaired) electrons. The van der Waals surface area contributed by atoms with Crippen molar-refractivity contribution in [2.75, 3.05) is 18.4 Å². The molecule has 3 heterocycles. The van der Waals surface area contributed by atoms with Crippen LogP contribution in [0.1, 0.15) is 30.9 Å². The summed E-state index contributed by atoms with van der Waals surface area (Å²) in [7, 11) is 0. The summed E-state index contributed by atoms with van der Waals surface area (Å²) in [5.41, 5.74) is 4.65. The SMILES string of the molecule is C=C1CCc2cc(/C=C/C(=O)N3CC4C=C(C)CC4C3)cnc2N1. The minimum atomic E-state index is 0.111. The Bertz CT molecular complexity index is 762. The van der Waals surface area contributed by atoms with Gasteiger partial charge in [-0.25, -0.2) is 4.98 Å². The number of fused-ring (bicyclic) bond motifs is 2. The van der Waals surface area contributed by atoms with Gasteiger partial charge in [0.25, 0.3) is 0 Å². The molecular formula is C20H23N3O. The highest BCUT2D eigenvalue weighted by molar-refractivity contribution is 5.92. The van der Waals surface area contributed by atoms with Crippen molar-refractivity contribution in [3.8, 4) is 0 Å². The standard InChI is InChI=1S/C20H23N3O/c1-13-7-17-11-23(12-18(17)8-13)19(24)6-4-15-9-16-5-3-14(2)22-20(16)21-10-15/h4,6-7,9-10,17-18H,2-3,5,8,11-12H2,1H3,(H,21,22)/b6-4+. The van der Waals surface area contributed by atoms with Gasteiger partial charge in [-0.3, -0.25) is 4.79 Å². The third-order valence-corrected chi connectivity index (χ3v) is 5.28. The molecule has 0 bridgehead atoms. The van der Waals surface area contributed by atoms with E-state index in [1.165, 1.54) is 11.1 Å². The molecule has 4 rings (SSSR count). The molecule has 2 atom stereocenters. The van der Waals surface area contributed by atoms with Crippen LogP contribution in [0.15, 0.2) is 42.3 Å². The predicted octanol–water partition coefficient (Wildman–Crippen LogP) is 3.39. The maximum atomic E-state index is 12.4. The second-order valence-corrected chi connectivity index (χ2v) is 7.22. The first-order valence-corrected chi connectivity index (χ1v) is 8.66. The molecule has 1 aromatic rings. The molecule has 0 spiro atoms. The lowest BCUT2D eigenvalue weighted by atomic mass is 10.00. The van der Waals surface area contributed by atoms with E-state index in [0.717, 1.165) is 49.4 Å². The number of allylic oxidation sites excluding steroid dienone is 2. The highest BCUT2D eigenvalue weighted by atomic mass is 16.2. The highest BCUT2D eigenvalue weighted by Gasteiger charge is 2.36. The molecule has 0 saturated carbocycles.